The van der Waals surface area contributed by atoms with Crippen LogP contribution in [0.5, 0.6) is 0 Å². The number of imide groups is 1. The molecule has 0 aliphatic carbocycles. The number of hydrogen-bond acceptors (Lipinski definition) is 7. The monoisotopic (exact) mass is 503 g/mol. The molecule has 0 radical (unpaired) electrons. The van der Waals surface area contributed by atoms with Gasteiger partial charge in [0.15, 0.2) is 5.16 Å². The molecule has 4 amide bonds. The zero-order valence-corrected chi connectivity index (χ0v) is 20.7. The normalized spacial score (nSPS) is 12.4. The molecule has 0 spiro atoms. The molecule has 184 valence electrons. The number of aryl methyl sites for hydroxylation is 2. The summed E-state index contributed by atoms with van der Waals surface area (Å²) in [5.74, 6) is -0.906. The van der Waals surface area contributed by atoms with Gasteiger partial charge in [0.1, 0.15) is 0 Å². The SMILES string of the molecule is Cc1cc(C)nc(SCc2ccc(C(=O)NNC(=O)CCCN3C(=O)c4ccccc4C3=O)cc2)n1. The van der Waals surface area contributed by atoms with E-state index in [2.05, 4.69) is 20.8 Å². The minimum atomic E-state index is -0.444. The number of nitrogens with one attached hydrogen (secondary N) is 2. The van der Waals surface area contributed by atoms with Crippen LogP contribution in [0.2, 0.25) is 0 Å². The van der Waals surface area contributed by atoms with Gasteiger partial charge in [0.2, 0.25) is 5.91 Å². The predicted octanol–water partition coefficient (Wildman–Crippen LogP) is 3.22. The second-order valence-corrected chi connectivity index (χ2v) is 9.27. The van der Waals surface area contributed by atoms with Crippen molar-refractivity contribution in [3.63, 3.8) is 0 Å². The molecule has 0 bridgehead atoms. The molecule has 10 heteroatoms. The van der Waals surface area contributed by atoms with Crippen LogP contribution in [0.4, 0.5) is 0 Å². The van der Waals surface area contributed by atoms with Gasteiger partial charge in [0.05, 0.1) is 11.1 Å². The average Bonchev–Trinajstić information content (AvgIpc) is 3.11. The summed E-state index contributed by atoms with van der Waals surface area (Å²) in [6.45, 7) is 3.99. The maximum absolute atomic E-state index is 12.4. The van der Waals surface area contributed by atoms with Crippen molar-refractivity contribution in [2.45, 2.75) is 37.6 Å². The molecule has 2 aromatic carbocycles. The first-order valence-corrected chi connectivity index (χ1v) is 12.4. The van der Waals surface area contributed by atoms with Crippen molar-refractivity contribution in [3.8, 4) is 0 Å². The summed E-state index contributed by atoms with van der Waals surface area (Å²) in [4.78, 5) is 59.2. The molecule has 4 rings (SSSR count). The number of nitrogens with zero attached hydrogens (tertiary/aromatic N) is 3. The van der Waals surface area contributed by atoms with Crippen molar-refractivity contribution in [3.05, 3.63) is 88.2 Å². The second-order valence-electron chi connectivity index (χ2n) is 8.33. The number of hydrogen-bond donors (Lipinski definition) is 2. The van der Waals surface area contributed by atoms with E-state index in [0.717, 1.165) is 21.9 Å². The summed E-state index contributed by atoms with van der Waals surface area (Å²) in [7, 11) is 0. The zero-order chi connectivity index (χ0) is 25.7. The molecule has 3 aromatic rings. The summed E-state index contributed by atoms with van der Waals surface area (Å²) >= 11 is 1.52. The molecule has 0 saturated carbocycles. The van der Waals surface area contributed by atoms with E-state index in [9.17, 15) is 19.2 Å². The molecule has 1 aromatic heterocycles. The van der Waals surface area contributed by atoms with E-state index in [1.165, 1.54) is 11.8 Å². The quantitative estimate of drug-likeness (QED) is 0.209. The fourth-order valence-electron chi connectivity index (χ4n) is 3.76. The van der Waals surface area contributed by atoms with Crippen LogP contribution < -0.4 is 10.9 Å². The highest BCUT2D eigenvalue weighted by molar-refractivity contribution is 7.98. The Morgan fingerprint density at radius 3 is 2.11 bits per heavy atom. The minimum absolute atomic E-state index is 0.0460. The molecular formula is C26H25N5O4S. The van der Waals surface area contributed by atoms with Gasteiger partial charge >= 0.3 is 0 Å². The molecule has 2 heterocycles. The van der Waals surface area contributed by atoms with E-state index in [1.54, 1.807) is 36.4 Å². The summed E-state index contributed by atoms with van der Waals surface area (Å²) in [5, 5.41) is 0.708. The van der Waals surface area contributed by atoms with Gasteiger partial charge in [-0.15, -0.1) is 0 Å². The average molecular weight is 504 g/mol. The highest BCUT2D eigenvalue weighted by atomic mass is 32.2. The van der Waals surface area contributed by atoms with Crippen LogP contribution in [0.1, 0.15) is 60.9 Å². The van der Waals surface area contributed by atoms with Crippen LogP contribution in [-0.4, -0.2) is 45.0 Å². The van der Waals surface area contributed by atoms with Gasteiger partial charge in [0, 0.05) is 35.7 Å². The molecule has 1 aliphatic rings. The maximum Gasteiger partial charge on any atom is 0.269 e. The maximum atomic E-state index is 12.4. The molecule has 1 aliphatic heterocycles. The Bertz CT molecular complexity index is 1270. The molecule has 0 fully saturated rings. The van der Waals surface area contributed by atoms with Crippen molar-refractivity contribution >= 4 is 35.4 Å². The first kappa shape index (κ1) is 25.1. The standard InChI is InChI=1S/C26H25N5O4S/c1-16-14-17(2)28-26(27-16)36-15-18-9-11-19(12-10-18)23(33)30-29-22(32)8-5-13-31-24(34)20-6-3-4-7-21(20)25(31)35/h3-4,6-7,9-12,14H,5,8,13,15H2,1-2H3,(H,29,32)(H,30,33). The molecule has 36 heavy (non-hydrogen) atoms. The van der Waals surface area contributed by atoms with Crippen LogP contribution in [-0.2, 0) is 10.5 Å². The van der Waals surface area contributed by atoms with Crippen molar-refractivity contribution < 1.29 is 19.2 Å². The predicted molar refractivity (Wildman–Crippen MR) is 134 cm³/mol. The molecular weight excluding hydrogens is 478 g/mol. The number of aromatic nitrogens is 2. The first-order chi connectivity index (χ1) is 17.3. The van der Waals surface area contributed by atoms with E-state index in [-0.39, 0.29) is 31.2 Å². The lowest BCUT2D eigenvalue weighted by molar-refractivity contribution is -0.122. The van der Waals surface area contributed by atoms with Crippen molar-refractivity contribution in [2.75, 3.05) is 6.54 Å². The van der Waals surface area contributed by atoms with Crippen molar-refractivity contribution in [2.24, 2.45) is 0 Å². The number of rotatable bonds is 8. The molecule has 9 nitrogen and oxygen atoms in total. The van der Waals surface area contributed by atoms with E-state index >= 15 is 0 Å². The number of carbonyl (C=O) groups excluding carboxylic acids is 4. The summed E-state index contributed by atoms with van der Waals surface area (Å²) < 4.78 is 0. The van der Waals surface area contributed by atoms with E-state index in [4.69, 9.17) is 0 Å². The van der Waals surface area contributed by atoms with Crippen molar-refractivity contribution in [1.29, 1.82) is 0 Å². The molecule has 0 saturated heterocycles. The fourth-order valence-corrected chi connectivity index (χ4v) is 4.66. The van der Waals surface area contributed by atoms with Gasteiger partial charge in [-0.2, -0.15) is 0 Å². The number of thioether (sulfide) groups is 1. The lowest BCUT2D eigenvalue weighted by atomic mass is 10.1. The van der Waals surface area contributed by atoms with Crippen molar-refractivity contribution in [1.82, 2.24) is 25.7 Å². The Kier molecular flexibility index (Phi) is 7.74. The minimum Gasteiger partial charge on any atom is -0.274 e. The van der Waals surface area contributed by atoms with Gasteiger partial charge in [-0.25, -0.2) is 9.97 Å². The third-order valence-corrected chi connectivity index (χ3v) is 6.44. The lowest BCUT2D eigenvalue weighted by Crippen LogP contribution is -2.42. The molecule has 0 unspecified atom stereocenters. The Morgan fingerprint density at radius 2 is 1.50 bits per heavy atom. The Labute approximate surface area is 212 Å². The van der Waals surface area contributed by atoms with E-state index < -0.39 is 11.8 Å². The van der Waals surface area contributed by atoms with Crippen LogP contribution in [0.15, 0.2) is 59.8 Å². The number of fused-ring (bicyclic) bond motifs is 1. The Hall–Kier alpha value is -4.05. The second kappa shape index (κ2) is 11.1. The van der Waals surface area contributed by atoms with Crippen LogP contribution in [0, 0.1) is 13.8 Å². The van der Waals surface area contributed by atoms with Gasteiger partial charge in [0.25, 0.3) is 17.7 Å². The third kappa shape index (κ3) is 5.95. The highest BCUT2D eigenvalue weighted by Crippen LogP contribution is 2.23. The first-order valence-electron chi connectivity index (χ1n) is 11.4. The zero-order valence-electron chi connectivity index (χ0n) is 19.9. The summed E-state index contributed by atoms with van der Waals surface area (Å²) in [5.41, 5.74) is 8.76. The third-order valence-electron chi connectivity index (χ3n) is 5.53. The Morgan fingerprint density at radius 1 is 0.889 bits per heavy atom. The molecule has 0 atom stereocenters. The van der Waals surface area contributed by atoms with Gasteiger partial charge in [-0.3, -0.25) is 34.9 Å². The number of amides is 4. The van der Waals surface area contributed by atoms with Gasteiger partial charge in [-0.1, -0.05) is 36.0 Å². The smallest absolute Gasteiger partial charge is 0.269 e. The van der Waals surface area contributed by atoms with Crippen LogP contribution in [0.3, 0.4) is 0 Å². The van der Waals surface area contributed by atoms with E-state index in [1.807, 2.05) is 32.0 Å². The van der Waals surface area contributed by atoms with Crippen LogP contribution in [0.25, 0.3) is 0 Å². The number of carbonyl (C=O) groups is 4. The summed E-state index contributed by atoms with van der Waals surface area (Å²) in [6.07, 6.45) is 0.327. The fraction of sp³-hybridized carbons (Fsp3) is 0.231. The number of benzene rings is 2. The number of hydrazine groups is 1. The topological polar surface area (TPSA) is 121 Å². The summed E-state index contributed by atoms with van der Waals surface area (Å²) in [6, 6.07) is 15.6. The molecule has 2 N–H and O–H groups in total. The van der Waals surface area contributed by atoms with E-state index in [0.29, 0.717) is 27.6 Å². The Balaban J connectivity index is 1.19. The largest absolute Gasteiger partial charge is 0.274 e. The van der Waals surface area contributed by atoms with Gasteiger partial charge < -0.3 is 0 Å². The van der Waals surface area contributed by atoms with Crippen LogP contribution >= 0.6 is 11.8 Å². The highest BCUT2D eigenvalue weighted by Gasteiger charge is 2.34. The lowest BCUT2D eigenvalue weighted by Gasteiger charge is -2.13. The van der Waals surface area contributed by atoms with Gasteiger partial charge in [-0.05, 0) is 56.2 Å².